The number of rotatable bonds is 9. The molecule has 2 aromatic heterocycles. The normalized spacial score (nSPS) is 16.0. The zero-order valence-corrected chi connectivity index (χ0v) is 53.8. The van der Waals surface area contributed by atoms with Crippen LogP contribution in [0.25, 0.3) is 111 Å². The first-order valence-corrected chi connectivity index (χ1v) is 32.3. The van der Waals surface area contributed by atoms with Gasteiger partial charge in [-0.25, -0.2) is 0 Å². The average molecular weight is 1270 g/mol. The standard InChI is InChI=1S/C92H71BN4/c1-91(2,3)65-49-52-68(77(57-65)92(4,5)6)64-55-86-88-87(56-64)97(90-71(62-33-15-9-16-34-62)43-28-44-72(90)63-35-17-10-18-36-63)85-59-67(95-82-47-25-21-39-75(82)76-40-22-26-48-83(76)95)51-54-79(85)93(88)78-53-50-66(94-80-45-23-19-37-73(80)74-38-20-24-46-81(74)94)58-84(78)96(86)89-69(60-29-11-7-12-30-60)41-27-42-70(89)61-31-13-8-14-32-61/h7-59H,1-6H3/i19D,20D,21D,22D,23D,24D,25D,26D,27D,28D,37D,38D,39D,40D,41D,42D,43D,44D,45D,46D,47D,48D. The Morgan fingerprint density at radius 1 is 0.299 bits per heavy atom. The molecule has 0 saturated heterocycles. The van der Waals surface area contributed by atoms with Gasteiger partial charge in [-0.3, -0.25) is 0 Å². The van der Waals surface area contributed by atoms with Crippen molar-refractivity contribution in [2.75, 3.05) is 9.80 Å². The first-order valence-electron chi connectivity index (χ1n) is 43.3. The van der Waals surface area contributed by atoms with Crippen LogP contribution in [0.3, 0.4) is 0 Å². The quantitative estimate of drug-likeness (QED) is 0.134. The minimum absolute atomic E-state index is 0.128. The molecular weight excluding hydrogens is 1170 g/mol. The number of anilines is 6. The number of para-hydroxylation sites is 6. The Hall–Kier alpha value is -11.7. The van der Waals surface area contributed by atoms with E-state index in [0.717, 1.165) is 16.7 Å². The number of hydrogen-bond acceptors (Lipinski definition) is 2. The molecule has 2 aliphatic heterocycles. The van der Waals surface area contributed by atoms with Gasteiger partial charge in [0.1, 0.15) is 0 Å². The summed E-state index contributed by atoms with van der Waals surface area (Å²) in [5.74, 6) is 0. The van der Waals surface area contributed by atoms with Gasteiger partial charge in [0.25, 0.3) is 6.71 Å². The summed E-state index contributed by atoms with van der Waals surface area (Å²) in [5.41, 5.74) is 7.65. The Morgan fingerprint density at radius 2 is 0.649 bits per heavy atom. The van der Waals surface area contributed by atoms with Crippen LogP contribution in [-0.2, 0) is 10.8 Å². The SMILES string of the molecule is [2H]c1c([2H])c(-c2ccccc2)c(N2c3cc(-n4c5c([2H])c([2H])c([2H])c([2H])c5c5c([2H])c([2H])c([2H])c([2H])c54)ccc3B3c4ccc(-n5c6c([2H])c([2H])c([2H])c([2H])c6c6c([2H])c([2H])c([2H])c([2H])c65)cc4N(c4c(-c5ccccc5)c([2H])c([2H])c([2H])c4-c4ccccc4)c4cc(-c5ccc(C(C)(C)C)cc5C(C)(C)C)cc2c43)c(-c2ccccc2)c1[2H]. The number of nitrogens with zero attached hydrogens (tertiary/aromatic N) is 4. The molecule has 4 nitrogen and oxygen atoms in total. The van der Waals surface area contributed by atoms with E-state index in [4.69, 9.17) is 5.48 Å². The van der Waals surface area contributed by atoms with E-state index in [1.807, 2.05) is 155 Å². The zero-order chi connectivity index (χ0) is 84.4. The minimum atomic E-state index is -1.05. The van der Waals surface area contributed by atoms with Crippen LogP contribution in [0.1, 0.15) is 82.8 Å². The summed E-state index contributed by atoms with van der Waals surface area (Å²) in [7, 11) is 0. The second kappa shape index (κ2) is 22.5. The molecule has 0 fully saturated rings. The fourth-order valence-electron chi connectivity index (χ4n) is 14.6. The molecule has 0 aliphatic carbocycles. The Balaban J connectivity index is 1.12. The van der Waals surface area contributed by atoms with E-state index in [2.05, 4.69) is 59.7 Å². The lowest BCUT2D eigenvalue weighted by Gasteiger charge is -2.46. The second-order valence-corrected chi connectivity index (χ2v) is 26.8. The molecule has 0 radical (unpaired) electrons. The van der Waals surface area contributed by atoms with E-state index in [1.165, 1.54) is 9.13 Å². The van der Waals surface area contributed by atoms with Gasteiger partial charge in [-0.05, 0) is 132 Å². The van der Waals surface area contributed by atoms with Gasteiger partial charge in [0.2, 0.25) is 0 Å². The summed E-state index contributed by atoms with van der Waals surface area (Å²) in [5, 5.41) is -0.714. The summed E-state index contributed by atoms with van der Waals surface area (Å²) >= 11 is 0. The van der Waals surface area contributed by atoms with Crippen LogP contribution in [-0.4, -0.2) is 15.8 Å². The van der Waals surface area contributed by atoms with Gasteiger partial charge >= 0.3 is 0 Å². The van der Waals surface area contributed by atoms with Crippen LogP contribution in [0.4, 0.5) is 34.1 Å². The molecule has 0 bridgehead atoms. The molecule has 4 heterocycles. The molecule has 0 saturated carbocycles. The molecule has 14 aromatic carbocycles. The van der Waals surface area contributed by atoms with Crippen LogP contribution in [0.2, 0.25) is 0 Å². The first-order chi connectivity index (χ1) is 56.6. The molecule has 0 spiro atoms. The lowest BCUT2D eigenvalue weighted by molar-refractivity contribution is 0.570. The number of aromatic nitrogens is 2. The van der Waals surface area contributed by atoms with Crippen molar-refractivity contribution in [3.05, 3.63) is 332 Å². The van der Waals surface area contributed by atoms with Gasteiger partial charge in [-0.2, -0.15) is 0 Å². The maximum atomic E-state index is 10.5. The molecule has 0 N–H and O–H groups in total. The van der Waals surface area contributed by atoms with E-state index in [9.17, 15) is 24.7 Å². The Kier molecular flexibility index (Phi) is 9.11. The van der Waals surface area contributed by atoms with Crippen LogP contribution >= 0.6 is 0 Å². The first kappa shape index (κ1) is 39.3. The Morgan fingerprint density at radius 3 is 0.990 bits per heavy atom. The van der Waals surface area contributed by atoms with Crippen molar-refractivity contribution in [2.24, 2.45) is 0 Å². The predicted molar refractivity (Wildman–Crippen MR) is 414 cm³/mol. The Labute approximate surface area is 599 Å². The fraction of sp³-hybridized carbons (Fsp3) is 0.0870. The highest BCUT2D eigenvalue weighted by molar-refractivity contribution is 7.00. The van der Waals surface area contributed by atoms with E-state index in [0.29, 0.717) is 55.6 Å². The summed E-state index contributed by atoms with van der Waals surface area (Å²) in [4.78, 5) is 3.92. The van der Waals surface area contributed by atoms with Crippen molar-refractivity contribution >= 4 is 101 Å². The summed E-state index contributed by atoms with van der Waals surface area (Å²) in [6.45, 7) is 11.7. The molecule has 0 atom stereocenters. The fourth-order valence-corrected chi connectivity index (χ4v) is 14.6. The van der Waals surface area contributed by atoms with E-state index in [-0.39, 0.29) is 130 Å². The Bertz CT molecular complexity index is 6490. The second-order valence-electron chi connectivity index (χ2n) is 26.8. The highest BCUT2D eigenvalue weighted by Crippen LogP contribution is 2.55. The monoisotopic (exact) mass is 1260 g/mol. The molecule has 0 unspecified atom stereocenters. The smallest absolute Gasteiger partial charge is 0.252 e. The van der Waals surface area contributed by atoms with Crippen LogP contribution < -0.4 is 26.2 Å². The molecule has 18 rings (SSSR count). The van der Waals surface area contributed by atoms with Gasteiger partial charge in [0, 0.05) is 77.9 Å². The van der Waals surface area contributed by atoms with Crippen molar-refractivity contribution in [2.45, 2.75) is 52.4 Å². The molecular formula is C92H71BN4. The summed E-state index contributed by atoms with van der Waals surface area (Å²) in [6, 6.07) is 45.6. The highest BCUT2D eigenvalue weighted by Gasteiger charge is 2.46. The third-order valence-electron chi connectivity index (χ3n) is 19.0. The van der Waals surface area contributed by atoms with Crippen molar-refractivity contribution in [3.63, 3.8) is 0 Å². The molecule has 16 aromatic rings. The van der Waals surface area contributed by atoms with Gasteiger partial charge in [0.05, 0.1) is 63.6 Å². The molecule has 97 heavy (non-hydrogen) atoms. The van der Waals surface area contributed by atoms with Crippen molar-refractivity contribution in [3.8, 4) is 67.0 Å². The minimum Gasteiger partial charge on any atom is -0.310 e. The number of fused-ring (bicyclic) bond motifs is 10. The van der Waals surface area contributed by atoms with Crippen molar-refractivity contribution in [1.29, 1.82) is 0 Å². The van der Waals surface area contributed by atoms with Crippen LogP contribution in [0.15, 0.2) is 321 Å². The molecule has 2 aliphatic rings. The third-order valence-corrected chi connectivity index (χ3v) is 19.0. The largest absolute Gasteiger partial charge is 0.310 e. The maximum absolute atomic E-state index is 10.5. The maximum Gasteiger partial charge on any atom is 0.252 e. The van der Waals surface area contributed by atoms with Gasteiger partial charge in [-0.15, -0.1) is 0 Å². The van der Waals surface area contributed by atoms with Crippen molar-refractivity contribution in [1.82, 2.24) is 9.13 Å². The summed E-state index contributed by atoms with van der Waals surface area (Å²) in [6.07, 6.45) is 0. The van der Waals surface area contributed by atoms with Gasteiger partial charge in [0.15, 0.2) is 0 Å². The molecule has 0 amide bonds. The van der Waals surface area contributed by atoms with Crippen LogP contribution in [0.5, 0.6) is 0 Å². The van der Waals surface area contributed by atoms with Gasteiger partial charge in [-0.1, -0.05) is 302 Å². The van der Waals surface area contributed by atoms with Crippen LogP contribution in [0, 0.1) is 0 Å². The predicted octanol–water partition coefficient (Wildman–Crippen LogP) is 22.9. The number of benzene rings is 14. The third kappa shape index (κ3) is 9.35. The highest BCUT2D eigenvalue weighted by atomic mass is 15.2. The van der Waals surface area contributed by atoms with E-state index < -0.39 is 121 Å². The topological polar surface area (TPSA) is 16.3 Å². The zero-order valence-electron chi connectivity index (χ0n) is 75.8. The summed E-state index contributed by atoms with van der Waals surface area (Å²) < 4.78 is 216. The lowest BCUT2D eigenvalue weighted by Crippen LogP contribution is -2.61. The molecule has 462 valence electrons. The molecule has 5 heteroatoms. The van der Waals surface area contributed by atoms with E-state index in [1.54, 1.807) is 24.3 Å². The van der Waals surface area contributed by atoms with Gasteiger partial charge < -0.3 is 18.9 Å². The van der Waals surface area contributed by atoms with Crippen molar-refractivity contribution < 1.29 is 30.2 Å². The van der Waals surface area contributed by atoms with E-state index >= 15 is 0 Å². The lowest BCUT2D eigenvalue weighted by atomic mass is 9.33. The number of hydrogen-bond donors (Lipinski definition) is 0. The average Bonchev–Trinajstić information content (AvgIpc) is 0.790.